The molecule has 0 atom stereocenters. The van der Waals surface area contributed by atoms with E-state index in [1.54, 1.807) is 18.0 Å². The lowest BCUT2D eigenvalue weighted by molar-refractivity contribution is 0.164. The van der Waals surface area contributed by atoms with E-state index in [4.69, 9.17) is 4.74 Å². The zero-order valence-electron chi connectivity index (χ0n) is 13.8. The molecule has 0 aliphatic heterocycles. The number of aryl methyl sites for hydroxylation is 1. The van der Waals surface area contributed by atoms with E-state index in [1.807, 2.05) is 37.4 Å². The smallest absolute Gasteiger partial charge is 0.196 e. The lowest BCUT2D eigenvalue weighted by Gasteiger charge is -2.12. The van der Waals surface area contributed by atoms with E-state index in [2.05, 4.69) is 38.8 Å². The van der Waals surface area contributed by atoms with Crippen LogP contribution in [0.2, 0.25) is 0 Å². The maximum absolute atomic E-state index is 5.43. The monoisotopic (exact) mass is 340 g/mol. The Balaban J connectivity index is 2.01. The zero-order chi connectivity index (χ0) is 16.8. The SMILES string of the molecule is CCOCCSc1nnc(-c2cccnc2)n1-c1ccccc1C. The number of hydrogen-bond donors (Lipinski definition) is 0. The van der Waals surface area contributed by atoms with Gasteiger partial charge in [-0.1, -0.05) is 30.0 Å². The second-order valence-electron chi connectivity index (χ2n) is 5.22. The molecule has 5 nitrogen and oxygen atoms in total. The lowest BCUT2D eigenvalue weighted by atomic mass is 10.2. The quantitative estimate of drug-likeness (QED) is 0.484. The fourth-order valence-corrected chi connectivity index (χ4v) is 3.21. The Bertz CT molecular complexity index is 789. The van der Waals surface area contributed by atoms with Crippen molar-refractivity contribution in [3.8, 4) is 17.1 Å². The molecule has 0 unspecified atom stereocenters. The van der Waals surface area contributed by atoms with Crippen LogP contribution < -0.4 is 0 Å². The van der Waals surface area contributed by atoms with Crippen molar-refractivity contribution in [2.75, 3.05) is 19.0 Å². The molecule has 0 N–H and O–H groups in total. The number of thioether (sulfide) groups is 1. The minimum Gasteiger partial charge on any atom is -0.381 e. The highest BCUT2D eigenvalue weighted by Crippen LogP contribution is 2.28. The predicted octanol–water partition coefficient (Wildman–Crippen LogP) is 3.77. The summed E-state index contributed by atoms with van der Waals surface area (Å²) in [7, 11) is 0. The molecule has 0 spiro atoms. The van der Waals surface area contributed by atoms with Crippen LogP contribution in [0.4, 0.5) is 0 Å². The number of ether oxygens (including phenoxy) is 1. The second-order valence-corrected chi connectivity index (χ2v) is 6.28. The molecule has 0 fully saturated rings. The number of hydrogen-bond acceptors (Lipinski definition) is 5. The van der Waals surface area contributed by atoms with Gasteiger partial charge in [-0.05, 0) is 37.6 Å². The summed E-state index contributed by atoms with van der Waals surface area (Å²) < 4.78 is 7.53. The standard InChI is InChI=1S/C18H20N4OS/c1-3-23-11-12-24-18-21-20-17(15-8-6-10-19-13-15)22(18)16-9-5-4-7-14(16)2/h4-10,13H,3,11-12H2,1-2H3. The maximum Gasteiger partial charge on any atom is 0.196 e. The van der Waals surface area contributed by atoms with Crippen molar-refractivity contribution in [3.05, 3.63) is 54.4 Å². The fourth-order valence-electron chi connectivity index (χ4n) is 2.41. The first-order chi connectivity index (χ1) is 11.8. The summed E-state index contributed by atoms with van der Waals surface area (Å²) in [6.07, 6.45) is 3.57. The topological polar surface area (TPSA) is 52.8 Å². The summed E-state index contributed by atoms with van der Waals surface area (Å²) in [6, 6.07) is 12.2. The van der Waals surface area contributed by atoms with Gasteiger partial charge in [0.05, 0.1) is 12.3 Å². The molecular formula is C18H20N4OS. The van der Waals surface area contributed by atoms with E-state index in [9.17, 15) is 0 Å². The van der Waals surface area contributed by atoms with Crippen LogP contribution in [0.15, 0.2) is 53.9 Å². The first kappa shape index (κ1) is 16.7. The summed E-state index contributed by atoms with van der Waals surface area (Å²) in [4.78, 5) is 4.21. The molecule has 0 amide bonds. The molecule has 0 saturated heterocycles. The molecule has 124 valence electrons. The summed E-state index contributed by atoms with van der Waals surface area (Å²) in [5.41, 5.74) is 3.21. The van der Waals surface area contributed by atoms with Gasteiger partial charge in [0, 0.05) is 30.3 Å². The highest BCUT2D eigenvalue weighted by Gasteiger charge is 2.17. The van der Waals surface area contributed by atoms with Gasteiger partial charge in [0.15, 0.2) is 11.0 Å². The van der Waals surface area contributed by atoms with Crippen LogP contribution in [0.25, 0.3) is 17.1 Å². The van der Waals surface area contributed by atoms with Gasteiger partial charge in [-0.15, -0.1) is 10.2 Å². The molecule has 0 saturated carbocycles. The third kappa shape index (κ3) is 3.66. The minimum atomic E-state index is 0.698. The maximum atomic E-state index is 5.43. The Labute approximate surface area is 146 Å². The summed E-state index contributed by atoms with van der Waals surface area (Å²) in [5, 5.41) is 9.68. The lowest BCUT2D eigenvalue weighted by Crippen LogP contribution is -2.03. The van der Waals surface area contributed by atoms with E-state index in [0.29, 0.717) is 6.61 Å². The largest absolute Gasteiger partial charge is 0.381 e. The van der Waals surface area contributed by atoms with Gasteiger partial charge in [-0.2, -0.15) is 0 Å². The normalized spacial score (nSPS) is 10.9. The summed E-state index contributed by atoms with van der Waals surface area (Å²) >= 11 is 1.65. The summed E-state index contributed by atoms with van der Waals surface area (Å²) in [6.45, 7) is 5.52. The van der Waals surface area contributed by atoms with E-state index in [1.165, 1.54) is 5.56 Å². The van der Waals surface area contributed by atoms with Crippen LogP contribution in [0.3, 0.4) is 0 Å². The Morgan fingerprint density at radius 2 is 2.00 bits per heavy atom. The first-order valence-electron chi connectivity index (χ1n) is 7.93. The van der Waals surface area contributed by atoms with E-state index >= 15 is 0 Å². The van der Waals surface area contributed by atoms with Gasteiger partial charge in [-0.3, -0.25) is 9.55 Å². The van der Waals surface area contributed by atoms with Crippen LogP contribution in [-0.4, -0.2) is 38.7 Å². The molecule has 6 heteroatoms. The molecule has 0 aliphatic carbocycles. The predicted molar refractivity (Wildman–Crippen MR) is 96.5 cm³/mol. The van der Waals surface area contributed by atoms with E-state index in [0.717, 1.165) is 34.6 Å². The Kier molecular flexibility index (Phi) is 5.61. The molecule has 0 aliphatic rings. The van der Waals surface area contributed by atoms with Crippen LogP contribution in [0, 0.1) is 6.92 Å². The number of para-hydroxylation sites is 1. The van der Waals surface area contributed by atoms with Crippen LogP contribution in [0.5, 0.6) is 0 Å². The number of benzene rings is 1. The average Bonchev–Trinajstić information content (AvgIpc) is 3.03. The Morgan fingerprint density at radius 3 is 2.75 bits per heavy atom. The molecule has 1 aromatic carbocycles. The summed E-state index contributed by atoms with van der Waals surface area (Å²) in [5.74, 6) is 1.64. The van der Waals surface area contributed by atoms with E-state index < -0.39 is 0 Å². The molecule has 3 aromatic rings. The molecule has 2 heterocycles. The Morgan fingerprint density at radius 1 is 1.12 bits per heavy atom. The highest BCUT2D eigenvalue weighted by molar-refractivity contribution is 7.99. The third-order valence-corrected chi connectivity index (χ3v) is 4.47. The second kappa shape index (κ2) is 8.08. The van der Waals surface area contributed by atoms with Gasteiger partial charge in [0.2, 0.25) is 0 Å². The molecule has 3 rings (SSSR count). The van der Waals surface area contributed by atoms with Crippen molar-refractivity contribution in [3.63, 3.8) is 0 Å². The number of aromatic nitrogens is 4. The van der Waals surface area contributed by atoms with Crippen molar-refractivity contribution in [2.45, 2.75) is 19.0 Å². The third-order valence-electron chi connectivity index (χ3n) is 3.57. The van der Waals surface area contributed by atoms with Crippen LogP contribution >= 0.6 is 11.8 Å². The number of nitrogens with zero attached hydrogens (tertiary/aromatic N) is 4. The van der Waals surface area contributed by atoms with Crippen molar-refractivity contribution in [1.82, 2.24) is 19.7 Å². The molecular weight excluding hydrogens is 320 g/mol. The van der Waals surface area contributed by atoms with Gasteiger partial charge in [0.25, 0.3) is 0 Å². The molecule has 0 radical (unpaired) electrons. The zero-order valence-corrected chi connectivity index (χ0v) is 14.7. The van der Waals surface area contributed by atoms with Gasteiger partial charge < -0.3 is 4.74 Å². The number of pyridine rings is 1. The van der Waals surface area contributed by atoms with Gasteiger partial charge in [0.1, 0.15) is 0 Å². The molecule has 24 heavy (non-hydrogen) atoms. The van der Waals surface area contributed by atoms with Crippen molar-refractivity contribution in [2.24, 2.45) is 0 Å². The van der Waals surface area contributed by atoms with Crippen molar-refractivity contribution >= 4 is 11.8 Å². The van der Waals surface area contributed by atoms with Gasteiger partial charge in [-0.25, -0.2) is 0 Å². The van der Waals surface area contributed by atoms with E-state index in [-0.39, 0.29) is 0 Å². The van der Waals surface area contributed by atoms with Crippen molar-refractivity contribution < 1.29 is 4.74 Å². The van der Waals surface area contributed by atoms with Gasteiger partial charge >= 0.3 is 0 Å². The average molecular weight is 340 g/mol. The molecule has 0 bridgehead atoms. The van der Waals surface area contributed by atoms with Crippen molar-refractivity contribution in [1.29, 1.82) is 0 Å². The Hall–Kier alpha value is -2.18. The fraction of sp³-hybridized carbons (Fsp3) is 0.278. The minimum absolute atomic E-state index is 0.698. The number of rotatable bonds is 7. The molecule has 2 aromatic heterocycles. The van der Waals surface area contributed by atoms with Crippen LogP contribution in [-0.2, 0) is 4.74 Å². The van der Waals surface area contributed by atoms with Crippen LogP contribution in [0.1, 0.15) is 12.5 Å². The first-order valence-corrected chi connectivity index (χ1v) is 8.92. The highest BCUT2D eigenvalue weighted by atomic mass is 32.2.